The van der Waals surface area contributed by atoms with Gasteiger partial charge >= 0.3 is 5.97 Å². The summed E-state index contributed by atoms with van der Waals surface area (Å²) in [5.74, 6) is -2.71. The van der Waals surface area contributed by atoms with Crippen molar-refractivity contribution < 1.29 is 32.5 Å². The number of esters is 1. The van der Waals surface area contributed by atoms with E-state index in [1.165, 1.54) is 28.9 Å². The van der Waals surface area contributed by atoms with Crippen molar-refractivity contribution in [1.29, 1.82) is 0 Å². The molecule has 1 heterocycles. The SMILES string of the molecule is C=[N+](c1ccc(OCCN2CCOCC2)c(F)c1F)N(C)C1(C(=O)OC)CCC1. The van der Waals surface area contributed by atoms with Crippen LogP contribution in [-0.4, -0.2) is 86.4 Å². The molecule has 9 heteroatoms. The second-order valence-corrected chi connectivity index (χ2v) is 7.31. The lowest BCUT2D eigenvalue weighted by Crippen LogP contribution is -2.60. The molecule has 0 N–H and O–H groups in total. The van der Waals surface area contributed by atoms with Crippen molar-refractivity contribution >= 4 is 18.4 Å². The van der Waals surface area contributed by atoms with E-state index < -0.39 is 23.1 Å². The quantitative estimate of drug-likeness (QED) is 0.282. The first kappa shape index (κ1) is 21.4. The molecule has 0 unspecified atom stereocenters. The maximum Gasteiger partial charge on any atom is 0.337 e. The third kappa shape index (κ3) is 4.20. The number of carbonyl (C=O) groups excluding carboxylic acids is 1. The van der Waals surface area contributed by atoms with Gasteiger partial charge < -0.3 is 14.2 Å². The van der Waals surface area contributed by atoms with E-state index in [1.54, 1.807) is 7.05 Å². The largest absolute Gasteiger partial charge is 0.489 e. The summed E-state index contributed by atoms with van der Waals surface area (Å²) in [5.41, 5.74) is -0.993. The number of hydrazone groups is 1. The van der Waals surface area contributed by atoms with Gasteiger partial charge in [0.1, 0.15) is 6.61 Å². The molecule has 1 aromatic rings. The number of ether oxygens (including phenoxy) is 3. The number of morpholine rings is 1. The predicted octanol–water partition coefficient (Wildman–Crippen LogP) is 1.96. The van der Waals surface area contributed by atoms with Crippen molar-refractivity contribution in [2.75, 3.05) is 53.6 Å². The molecule has 0 spiro atoms. The molecule has 1 saturated carbocycles. The Hall–Kier alpha value is -2.26. The van der Waals surface area contributed by atoms with Crippen molar-refractivity contribution in [3.05, 3.63) is 23.8 Å². The Balaban J connectivity index is 1.68. The zero-order valence-corrected chi connectivity index (χ0v) is 17.0. The first-order valence-electron chi connectivity index (χ1n) is 9.74. The lowest BCUT2D eigenvalue weighted by Gasteiger charge is -2.42. The van der Waals surface area contributed by atoms with Crippen LogP contribution in [0.3, 0.4) is 0 Å². The number of methoxy groups -OCH3 is 1. The zero-order chi connectivity index (χ0) is 21.0. The van der Waals surface area contributed by atoms with Crippen LogP contribution < -0.4 is 4.74 Å². The van der Waals surface area contributed by atoms with E-state index in [9.17, 15) is 13.6 Å². The van der Waals surface area contributed by atoms with E-state index in [0.29, 0.717) is 32.6 Å². The van der Waals surface area contributed by atoms with Crippen LogP contribution in [0.15, 0.2) is 12.1 Å². The molecule has 0 bridgehead atoms. The molecule has 7 nitrogen and oxygen atoms in total. The molecule has 0 aromatic heterocycles. The Morgan fingerprint density at radius 2 is 2.00 bits per heavy atom. The number of carbonyl (C=O) groups is 1. The molecule has 160 valence electrons. The summed E-state index contributed by atoms with van der Waals surface area (Å²) >= 11 is 0. The summed E-state index contributed by atoms with van der Waals surface area (Å²) in [6.07, 6.45) is 1.98. The van der Waals surface area contributed by atoms with Crippen LogP contribution in [0.4, 0.5) is 14.5 Å². The monoisotopic (exact) mass is 412 g/mol. The summed E-state index contributed by atoms with van der Waals surface area (Å²) in [6.45, 7) is 7.59. The molecule has 1 aromatic carbocycles. The molecule has 2 aliphatic rings. The van der Waals surface area contributed by atoms with Gasteiger partial charge in [0.25, 0.3) is 5.69 Å². The number of halogens is 2. The number of hydrogen-bond donors (Lipinski definition) is 0. The number of hydrazine groups is 1. The lowest BCUT2D eigenvalue weighted by molar-refractivity contribution is -0.632. The van der Waals surface area contributed by atoms with Gasteiger partial charge in [0.05, 0.1) is 27.4 Å². The minimum absolute atomic E-state index is 0.0827. The van der Waals surface area contributed by atoms with E-state index in [1.807, 2.05) is 0 Å². The first-order valence-corrected chi connectivity index (χ1v) is 9.74. The fourth-order valence-corrected chi connectivity index (χ4v) is 3.70. The van der Waals surface area contributed by atoms with Crippen LogP contribution in [0.1, 0.15) is 19.3 Å². The number of nitrogens with zero attached hydrogens (tertiary/aromatic N) is 3. The highest BCUT2D eigenvalue weighted by Crippen LogP contribution is 2.40. The standard InChI is InChI=1S/C20H28F2N3O4/c1-23(24(2)20(7-4-8-20)19(26)27-3)15-5-6-16(18(22)17(15)21)29-14-11-25-9-12-28-13-10-25/h5-6H,1,4,7-14H2,2-3H3/q+1. The van der Waals surface area contributed by atoms with Gasteiger partial charge in [0, 0.05) is 25.7 Å². The van der Waals surface area contributed by atoms with Gasteiger partial charge in [-0.2, -0.15) is 13.8 Å². The molecule has 1 saturated heterocycles. The lowest BCUT2D eigenvalue weighted by atomic mass is 9.76. The van der Waals surface area contributed by atoms with Gasteiger partial charge in [-0.1, -0.05) is 4.68 Å². The minimum atomic E-state index is -1.08. The van der Waals surface area contributed by atoms with Crippen LogP contribution in [0, 0.1) is 11.6 Å². The van der Waals surface area contributed by atoms with E-state index in [2.05, 4.69) is 11.6 Å². The average Bonchev–Trinajstić information content (AvgIpc) is 2.70. The topological polar surface area (TPSA) is 54.2 Å². The maximum atomic E-state index is 14.7. The van der Waals surface area contributed by atoms with Crippen molar-refractivity contribution in [2.45, 2.75) is 24.8 Å². The van der Waals surface area contributed by atoms with Gasteiger partial charge in [-0.3, -0.25) is 4.90 Å². The van der Waals surface area contributed by atoms with Crippen molar-refractivity contribution in [2.24, 2.45) is 0 Å². The second-order valence-electron chi connectivity index (χ2n) is 7.31. The minimum Gasteiger partial charge on any atom is -0.489 e. The fraction of sp³-hybridized carbons (Fsp3) is 0.600. The number of likely N-dealkylation sites (N-methyl/N-ethyl adjacent to an activating group) is 1. The first-order chi connectivity index (χ1) is 13.9. The summed E-state index contributed by atoms with van der Waals surface area (Å²) in [4.78, 5) is 14.4. The Labute approximate surface area is 169 Å². The zero-order valence-electron chi connectivity index (χ0n) is 17.0. The third-order valence-electron chi connectivity index (χ3n) is 5.80. The molecular formula is C20H28F2N3O4+. The number of benzene rings is 1. The highest BCUT2D eigenvalue weighted by molar-refractivity contribution is 5.81. The average molecular weight is 412 g/mol. The van der Waals surface area contributed by atoms with Crippen molar-refractivity contribution in [1.82, 2.24) is 9.91 Å². The normalized spacial score (nSPS) is 18.6. The highest BCUT2D eigenvalue weighted by Gasteiger charge is 2.53. The molecule has 3 rings (SSSR count). The number of rotatable bonds is 8. The van der Waals surface area contributed by atoms with Gasteiger partial charge in [-0.05, 0) is 25.3 Å². The Kier molecular flexibility index (Phi) is 6.69. The molecule has 2 fully saturated rings. The summed E-state index contributed by atoms with van der Waals surface area (Å²) in [7, 11) is 2.93. The highest BCUT2D eigenvalue weighted by atomic mass is 19.2. The van der Waals surface area contributed by atoms with E-state index in [-0.39, 0.29) is 18.0 Å². The van der Waals surface area contributed by atoms with Crippen LogP contribution in [-0.2, 0) is 14.3 Å². The molecular weight excluding hydrogens is 384 g/mol. The van der Waals surface area contributed by atoms with Crippen LogP contribution >= 0.6 is 0 Å². The third-order valence-corrected chi connectivity index (χ3v) is 5.80. The van der Waals surface area contributed by atoms with Crippen LogP contribution in [0.25, 0.3) is 0 Å². The molecule has 0 amide bonds. The predicted molar refractivity (Wildman–Crippen MR) is 103 cm³/mol. The summed E-state index contributed by atoms with van der Waals surface area (Å²) in [5, 5.41) is 1.51. The molecule has 1 aliphatic heterocycles. The summed E-state index contributed by atoms with van der Waals surface area (Å²) < 4.78 is 46.1. The summed E-state index contributed by atoms with van der Waals surface area (Å²) in [6, 6.07) is 2.78. The Morgan fingerprint density at radius 1 is 1.31 bits per heavy atom. The Bertz CT molecular complexity index is 764. The molecule has 0 atom stereocenters. The molecule has 1 aliphatic carbocycles. The van der Waals surface area contributed by atoms with Crippen LogP contribution in [0.5, 0.6) is 5.75 Å². The van der Waals surface area contributed by atoms with Gasteiger partial charge in [0.2, 0.25) is 11.6 Å². The van der Waals surface area contributed by atoms with Gasteiger partial charge in [-0.25, -0.2) is 4.79 Å². The molecule has 0 radical (unpaired) electrons. The van der Waals surface area contributed by atoms with Crippen molar-refractivity contribution in [3.8, 4) is 5.75 Å². The second kappa shape index (κ2) is 9.04. The van der Waals surface area contributed by atoms with Crippen molar-refractivity contribution in [3.63, 3.8) is 0 Å². The number of hydrogen-bond acceptors (Lipinski definition) is 6. The van der Waals surface area contributed by atoms with E-state index >= 15 is 0 Å². The van der Waals surface area contributed by atoms with Crippen LogP contribution in [0.2, 0.25) is 0 Å². The van der Waals surface area contributed by atoms with E-state index in [4.69, 9.17) is 14.2 Å². The Morgan fingerprint density at radius 3 is 2.59 bits per heavy atom. The van der Waals surface area contributed by atoms with Gasteiger partial charge in [0.15, 0.2) is 18.0 Å². The fourth-order valence-electron chi connectivity index (χ4n) is 3.70. The smallest absolute Gasteiger partial charge is 0.337 e. The molecule has 29 heavy (non-hydrogen) atoms. The van der Waals surface area contributed by atoms with E-state index in [0.717, 1.165) is 19.5 Å². The maximum absolute atomic E-state index is 14.7. The van der Waals surface area contributed by atoms with Gasteiger partial charge in [-0.15, -0.1) is 0 Å².